The van der Waals surface area contributed by atoms with E-state index >= 15 is 0 Å². The number of aromatic nitrogens is 2. The van der Waals surface area contributed by atoms with E-state index in [-0.39, 0.29) is 0 Å². The van der Waals surface area contributed by atoms with E-state index in [1.165, 1.54) is 0 Å². The van der Waals surface area contributed by atoms with Crippen molar-refractivity contribution in [3.05, 3.63) is 194 Å². The predicted octanol–water partition coefficient (Wildman–Crippen LogP) is 13.4. The lowest BCUT2D eigenvalue weighted by atomic mass is 10.1. The fraction of sp³-hybridized carbons (Fsp3) is 0. The van der Waals surface area contributed by atoms with E-state index in [2.05, 4.69) is 143 Å². The highest BCUT2D eigenvalue weighted by molar-refractivity contribution is 5.93. The van der Waals surface area contributed by atoms with Crippen molar-refractivity contribution < 1.29 is 8.83 Å². The summed E-state index contributed by atoms with van der Waals surface area (Å²) >= 11 is 0. The molecule has 0 saturated carbocycles. The number of para-hydroxylation sites is 6. The van der Waals surface area contributed by atoms with Crippen molar-refractivity contribution in [2.75, 3.05) is 9.80 Å². The molecule has 0 saturated heterocycles. The zero-order valence-electron chi connectivity index (χ0n) is 29.1. The number of hydrogen-bond acceptors (Lipinski definition) is 6. The van der Waals surface area contributed by atoms with Crippen molar-refractivity contribution in [2.24, 2.45) is 0 Å². The molecule has 6 nitrogen and oxygen atoms in total. The first kappa shape index (κ1) is 31.3. The first-order valence-electron chi connectivity index (χ1n) is 17.9. The fourth-order valence-electron chi connectivity index (χ4n) is 7.04. The molecular weight excluding hydrogens is 665 g/mol. The maximum atomic E-state index is 6.05. The minimum atomic E-state index is 0.610. The number of fused-ring (bicyclic) bond motifs is 3. The van der Waals surface area contributed by atoms with Gasteiger partial charge in [-0.3, -0.25) is 0 Å². The van der Waals surface area contributed by atoms with E-state index in [0.717, 1.165) is 78.2 Å². The Balaban J connectivity index is 0.995. The van der Waals surface area contributed by atoms with E-state index in [1.807, 2.05) is 60.7 Å². The van der Waals surface area contributed by atoms with Crippen molar-refractivity contribution in [3.63, 3.8) is 0 Å². The Hall–Kier alpha value is -7.44. The summed E-state index contributed by atoms with van der Waals surface area (Å²) in [5.74, 6) is 1.22. The second-order valence-electron chi connectivity index (χ2n) is 13.1. The third kappa shape index (κ3) is 5.82. The van der Waals surface area contributed by atoms with Crippen molar-refractivity contribution in [2.45, 2.75) is 0 Å². The summed E-state index contributed by atoms with van der Waals surface area (Å²) < 4.78 is 12.1. The Kier molecular flexibility index (Phi) is 7.69. The maximum absolute atomic E-state index is 6.05. The van der Waals surface area contributed by atoms with Gasteiger partial charge in [-0.05, 0) is 132 Å². The van der Waals surface area contributed by atoms with Crippen molar-refractivity contribution in [1.82, 2.24) is 9.97 Å². The minimum Gasteiger partial charge on any atom is -0.436 e. The van der Waals surface area contributed by atoms with Gasteiger partial charge in [-0.15, -0.1) is 0 Å². The molecule has 2 aromatic heterocycles. The summed E-state index contributed by atoms with van der Waals surface area (Å²) in [5, 5.41) is 2.28. The first-order chi connectivity index (χ1) is 26.7. The average molecular weight is 697 g/mol. The number of anilines is 6. The van der Waals surface area contributed by atoms with Crippen molar-refractivity contribution in [3.8, 4) is 22.9 Å². The van der Waals surface area contributed by atoms with Gasteiger partial charge in [0.05, 0.1) is 0 Å². The second-order valence-corrected chi connectivity index (χ2v) is 13.1. The molecule has 0 unspecified atom stereocenters. The standard InChI is InChI=1S/C48H32N4O2/c1-3-11-37(12-4-1)51(39-25-19-33(20-26-39)47-49-43-15-7-9-17-45(43)53-47)41-29-23-36-32-42(30-24-35(36)31-41)52(38-13-5-2-6-14-38)40-27-21-34(22-28-40)48-50-44-16-8-10-18-46(44)54-48/h1-32H. The van der Waals surface area contributed by atoms with Crippen LogP contribution in [0.1, 0.15) is 0 Å². The van der Waals surface area contributed by atoms with E-state index < -0.39 is 0 Å². The smallest absolute Gasteiger partial charge is 0.227 e. The lowest BCUT2D eigenvalue weighted by Gasteiger charge is -2.27. The molecule has 8 aromatic carbocycles. The molecule has 0 aliphatic rings. The number of oxazole rings is 2. The molecule has 2 heterocycles. The highest BCUT2D eigenvalue weighted by atomic mass is 16.4. The molecule has 0 spiro atoms. The third-order valence-electron chi connectivity index (χ3n) is 9.69. The van der Waals surface area contributed by atoms with E-state index in [9.17, 15) is 0 Å². The third-order valence-corrected chi connectivity index (χ3v) is 9.69. The second kappa shape index (κ2) is 13.3. The van der Waals surface area contributed by atoms with Crippen molar-refractivity contribution >= 4 is 67.1 Å². The van der Waals surface area contributed by atoms with Gasteiger partial charge >= 0.3 is 0 Å². The predicted molar refractivity (Wildman–Crippen MR) is 219 cm³/mol. The van der Waals surface area contributed by atoms with E-state index in [0.29, 0.717) is 11.8 Å². The number of nitrogens with zero attached hydrogens (tertiary/aromatic N) is 4. The number of rotatable bonds is 8. The first-order valence-corrected chi connectivity index (χ1v) is 17.9. The fourth-order valence-corrected chi connectivity index (χ4v) is 7.04. The van der Waals surface area contributed by atoms with Crippen LogP contribution in [0.4, 0.5) is 34.1 Å². The van der Waals surface area contributed by atoms with Gasteiger partial charge < -0.3 is 18.6 Å². The Morgan fingerprint density at radius 2 is 0.667 bits per heavy atom. The van der Waals surface area contributed by atoms with Gasteiger partial charge in [0.15, 0.2) is 11.2 Å². The SMILES string of the molecule is c1ccc(N(c2ccc(-c3nc4ccccc4o3)cc2)c2ccc3cc(N(c4ccccc4)c4ccc(-c5nc6ccccc6o5)cc4)ccc3c2)cc1. The highest BCUT2D eigenvalue weighted by Crippen LogP contribution is 2.40. The number of hydrogen-bond donors (Lipinski definition) is 0. The molecule has 6 heteroatoms. The monoisotopic (exact) mass is 696 g/mol. The Morgan fingerprint density at radius 3 is 1.07 bits per heavy atom. The van der Waals surface area contributed by atoms with Crippen LogP contribution in [-0.4, -0.2) is 9.97 Å². The van der Waals surface area contributed by atoms with Crippen LogP contribution in [0.3, 0.4) is 0 Å². The molecule has 0 atom stereocenters. The summed E-state index contributed by atoms with van der Waals surface area (Å²) in [6, 6.07) is 66.7. The van der Waals surface area contributed by atoms with Crippen LogP contribution in [0.15, 0.2) is 203 Å². The molecule has 0 aliphatic carbocycles. The summed E-state index contributed by atoms with van der Waals surface area (Å²) in [6.45, 7) is 0. The Bertz CT molecular complexity index is 2620. The summed E-state index contributed by atoms with van der Waals surface area (Å²) in [5.41, 5.74) is 11.4. The van der Waals surface area contributed by atoms with Crippen LogP contribution in [0.2, 0.25) is 0 Å². The molecule has 0 N–H and O–H groups in total. The minimum absolute atomic E-state index is 0.610. The zero-order valence-corrected chi connectivity index (χ0v) is 29.1. The summed E-state index contributed by atoms with van der Waals surface area (Å²) in [4.78, 5) is 14.0. The summed E-state index contributed by atoms with van der Waals surface area (Å²) in [7, 11) is 0. The topological polar surface area (TPSA) is 58.5 Å². The van der Waals surface area contributed by atoms with Crippen molar-refractivity contribution in [1.29, 1.82) is 0 Å². The maximum Gasteiger partial charge on any atom is 0.227 e. The summed E-state index contributed by atoms with van der Waals surface area (Å²) in [6.07, 6.45) is 0. The van der Waals surface area contributed by atoms with Gasteiger partial charge in [-0.2, -0.15) is 0 Å². The molecule has 10 rings (SSSR count). The molecule has 10 aromatic rings. The molecule has 0 amide bonds. The average Bonchev–Trinajstić information content (AvgIpc) is 3.88. The van der Waals surface area contributed by atoms with E-state index in [4.69, 9.17) is 18.8 Å². The lowest BCUT2D eigenvalue weighted by Crippen LogP contribution is -2.10. The molecular formula is C48H32N4O2. The van der Waals surface area contributed by atoms with Crippen LogP contribution in [0, 0.1) is 0 Å². The van der Waals surface area contributed by atoms with Crippen LogP contribution in [-0.2, 0) is 0 Å². The largest absolute Gasteiger partial charge is 0.436 e. The van der Waals surface area contributed by atoms with Gasteiger partial charge in [-0.1, -0.05) is 72.8 Å². The van der Waals surface area contributed by atoms with E-state index in [1.54, 1.807) is 0 Å². The van der Waals surface area contributed by atoms with Gasteiger partial charge in [0, 0.05) is 45.3 Å². The van der Waals surface area contributed by atoms with Gasteiger partial charge in [0.1, 0.15) is 11.0 Å². The normalized spacial score (nSPS) is 11.3. The quantitative estimate of drug-likeness (QED) is 0.158. The van der Waals surface area contributed by atoms with Crippen LogP contribution in [0.25, 0.3) is 55.9 Å². The van der Waals surface area contributed by atoms with Crippen LogP contribution in [0.5, 0.6) is 0 Å². The molecule has 256 valence electrons. The van der Waals surface area contributed by atoms with Gasteiger partial charge in [-0.25, -0.2) is 9.97 Å². The Labute approximate surface area is 311 Å². The molecule has 0 fully saturated rings. The zero-order chi connectivity index (χ0) is 35.8. The molecule has 0 aliphatic heterocycles. The lowest BCUT2D eigenvalue weighted by molar-refractivity contribution is 0.619. The Morgan fingerprint density at radius 1 is 0.315 bits per heavy atom. The van der Waals surface area contributed by atoms with Gasteiger partial charge in [0.2, 0.25) is 11.8 Å². The highest BCUT2D eigenvalue weighted by Gasteiger charge is 2.17. The van der Waals surface area contributed by atoms with Crippen LogP contribution >= 0.6 is 0 Å². The van der Waals surface area contributed by atoms with Gasteiger partial charge in [0.25, 0.3) is 0 Å². The molecule has 0 bridgehead atoms. The molecule has 54 heavy (non-hydrogen) atoms. The number of benzene rings is 8. The van der Waals surface area contributed by atoms with Crippen LogP contribution < -0.4 is 9.80 Å². The molecule has 0 radical (unpaired) electrons.